The Labute approximate surface area is 134 Å². The van der Waals surface area contributed by atoms with E-state index < -0.39 is 0 Å². The molecule has 0 amide bonds. The van der Waals surface area contributed by atoms with Crippen molar-refractivity contribution in [2.24, 2.45) is 17.8 Å². The first-order chi connectivity index (χ1) is 10.6. The standard InChI is InChI=1S/C20H29NO/c1-14(2-3-15-4-6-19(22)7-5-15)21-20-11-16-8-17(12-20)10-18(9-16)13-20/h4-7,14,16-18,21-22H,2-3,8-13H2,1H3. The number of nitrogens with one attached hydrogen (secondary N) is 1. The van der Waals surface area contributed by atoms with Crippen LogP contribution in [0.4, 0.5) is 0 Å². The monoisotopic (exact) mass is 299 g/mol. The van der Waals surface area contributed by atoms with Gasteiger partial charge < -0.3 is 10.4 Å². The molecule has 5 rings (SSSR count). The molecule has 22 heavy (non-hydrogen) atoms. The molecule has 4 bridgehead atoms. The third kappa shape index (κ3) is 2.90. The van der Waals surface area contributed by atoms with Gasteiger partial charge in [0.2, 0.25) is 0 Å². The van der Waals surface area contributed by atoms with Crippen LogP contribution in [0.2, 0.25) is 0 Å². The molecule has 2 N–H and O–H groups in total. The zero-order valence-corrected chi connectivity index (χ0v) is 13.7. The molecule has 0 saturated heterocycles. The average Bonchev–Trinajstić information content (AvgIpc) is 2.44. The molecular formula is C20H29NO. The lowest BCUT2D eigenvalue weighted by Gasteiger charge is -2.58. The van der Waals surface area contributed by atoms with Crippen molar-refractivity contribution >= 4 is 0 Å². The highest BCUT2D eigenvalue weighted by Gasteiger charge is 2.50. The van der Waals surface area contributed by atoms with Crippen LogP contribution in [0, 0.1) is 17.8 Å². The second-order valence-corrected chi connectivity index (χ2v) is 8.45. The third-order valence-electron chi connectivity index (χ3n) is 6.39. The van der Waals surface area contributed by atoms with Gasteiger partial charge in [-0.2, -0.15) is 0 Å². The fourth-order valence-corrected chi connectivity index (χ4v) is 5.93. The molecule has 2 heteroatoms. The molecule has 120 valence electrons. The van der Waals surface area contributed by atoms with E-state index >= 15 is 0 Å². The van der Waals surface area contributed by atoms with E-state index in [-0.39, 0.29) is 0 Å². The number of hydrogen-bond acceptors (Lipinski definition) is 2. The molecule has 0 aliphatic heterocycles. The van der Waals surface area contributed by atoms with Gasteiger partial charge in [-0.15, -0.1) is 0 Å². The van der Waals surface area contributed by atoms with Crippen molar-refractivity contribution in [2.75, 3.05) is 0 Å². The first-order valence-corrected chi connectivity index (χ1v) is 9.16. The van der Waals surface area contributed by atoms with Crippen LogP contribution < -0.4 is 5.32 Å². The second kappa shape index (κ2) is 5.56. The number of hydrogen-bond donors (Lipinski definition) is 2. The number of rotatable bonds is 5. The molecule has 4 aliphatic rings. The highest BCUT2D eigenvalue weighted by molar-refractivity contribution is 5.26. The largest absolute Gasteiger partial charge is 0.508 e. The summed E-state index contributed by atoms with van der Waals surface area (Å²) in [5.41, 5.74) is 1.81. The molecular weight excluding hydrogens is 270 g/mol. The molecule has 0 heterocycles. The Morgan fingerprint density at radius 1 is 1.05 bits per heavy atom. The summed E-state index contributed by atoms with van der Waals surface area (Å²) in [5, 5.41) is 13.4. The van der Waals surface area contributed by atoms with Gasteiger partial charge in [-0.3, -0.25) is 0 Å². The van der Waals surface area contributed by atoms with Crippen LogP contribution in [0.15, 0.2) is 24.3 Å². The van der Waals surface area contributed by atoms with Gasteiger partial charge >= 0.3 is 0 Å². The number of benzene rings is 1. The molecule has 1 atom stereocenters. The van der Waals surface area contributed by atoms with Crippen LogP contribution in [0.25, 0.3) is 0 Å². The first-order valence-electron chi connectivity index (χ1n) is 9.16. The number of phenols is 1. The van der Waals surface area contributed by atoms with Crippen molar-refractivity contribution in [1.82, 2.24) is 5.32 Å². The zero-order chi connectivity index (χ0) is 15.2. The molecule has 1 aromatic rings. The van der Waals surface area contributed by atoms with E-state index in [4.69, 9.17) is 0 Å². The van der Waals surface area contributed by atoms with Crippen molar-refractivity contribution in [3.05, 3.63) is 29.8 Å². The summed E-state index contributed by atoms with van der Waals surface area (Å²) in [6.45, 7) is 2.36. The molecule has 0 spiro atoms. The average molecular weight is 299 g/mol. The maximum atomic E-state index is 9.36. The first kappa shape index (κ1) is 14.6. The summed E-state index contributed by atoms with van der Waals surface area (Å²) < 4.78 is 0. The van der Waals surface area contributed by atoms with Crippen LogP contribution in [-0.2, 0) is 6.42 Å². The minimum absolute atomic E-state index is 0.364. The van der Waals surface area contributed by atoms with Gasteiger partial charge in [0.25, 0.3) is 0 Å². The van der Waals surface area contributed by atoms with Gasteiger partial charge in [0.05, 0.1) is 0 Å². The molecule has 0 radical (unpaired) electrons. The Morgan fingerprint density at radius 2 is 1.59 bits per heavy atom. The fraction of sp³-hybridized carbons (Fsp3) is 0.700. The van der Waals surface area contributed by atoms with Crippen molar-refractivity contribution in [3.8, 4) is 5.75 Å². The summed E-state index contributed by atoms with van der Waals surface area (Å²) in [5.74, 6) is 3.41. The van der Waals surface area contributed by atoms with E-state index in [1.165, 1.54) is 50.5 Å². The summed E-state index contributed by atoms with van der Waals surface area (Å²) >= 11 is 0. The van der Waals surface area contributed by atoms with Gasteiger partial charge in [0, 0.05) is 11.6 Å². The quantitative estimate of drug-likeness (QED) is 0.851. The molecule has 4 aliphatic carbocycles. The lowest BCUT2D eigenvalue weighted by molar-refractivity contribution is -0.0247. The normalized spacial score (nSPS) is 37.4. The van der Waals surface area contributed by atoms with E-state index in [0.29, 0.717) is 17.3 Å². The molecule has 1 aromatic carbocycles. The smallest absolute Gasteiger partial charge is 0.115 e. The lowest BCUT2D eigenvalue weighted by atomic mass is 9.53. The zero-order valence-electron chi connectivity index (χ0n) is 13.7. The summed E-state index contributed by atoms with van der Waals surface area (Å²) in [6.07, 6.45) is 11.1. The van der Waals surface area contributed by atoms with Crippen molar-refractivity contribution in [1.29, 1.82) is 0 Å². The fourth-order valence-electron chi connectivity index (χ4n) is 5.93. The minimum Gasteiger partial charge on any atom is -0.508 e. The highest BCUT2D eigenvalue weighted by atomic mass is 16.3. The van der Waals surface area contributed by atoms with Crippen molar-refractivity contribution < 1.29 is 5.11 Å². The van der Waals surface area contributed by atoms with E-state index in [1.807, 2.05) is 12.1 Å². The molecule has 1 unspecified atom stereocenters. The second-order valence-electron chi connectivity index (χ2n) is 8.45. The van der Waals surface area contributed by atoms with E-state index in [9.17, 15) is 5.11 Å². The Kier molecular flexibility index (Phi) is 3.68. The van der Waals surface area contributed by atoms with Gasteiger partial charge in [0.1, 0.15) is 5.75 Å². The summed E-state index contributed by atoms with van der Waals surface area (Å²) in [7, 11) is 0. The number of phenolic OH excluding ortho intramolecular Hbond substituents is 1. The summed E-state index contributed by atoms with van der Waals surface area (Å²) in [6, 6.07) is 8.28. The van der Waals surface area contributed by atoms with E-state index in [0.717, 1.165) is 24.2 Å². The minimum atomic E-state index is 0.364. The molecule has 4 saturated carbocycles. The predicted octanol–water partition coefficient (Wildman–Crippen LogP) is 4.27. The van der Waals surface area contributed by atoms with Gasteiger partial charge in [-0.05, 0) is 93.7 Å². The molecule has 4 fully saturated rings. The van der Waals surface area contributed by atoms with Crippen LogP contribution in [-0.4, -0.2) is 16.7 Å². The van der Waals surface area contributed by atoms with E-state index in [1.54, 1.807) is 12.1 Å². The van der Waals surface area contributed by atoms with Crippen LogP contribution in [0.5, 0.6) is 5.75 Å². The maximum Gasteiger partial charge on any atom is 0.115 e. The molecule has 2 nitrogen and oxygen atoms in total. The predicted molar refractivity (Wildman–Crippen MR) is 89.9 cm³/mol. The lowest BCUT2D eigenvalue weighted by Crippen LogP contribution is -2.60. The SMILES string of the molecule is CC(CCc1ccc(O)cc1)NC12CC3CC(CC(C3)C1)C2. The number of aryl methyl sites for hydroxylation is 1. The van der Waals surface area contributed by atoms with Gasteiger partial charge in [0.15, 0.2) is 0 Å². The Bertz CT molecular complexity index is 486. The number of aromatic hydroxyl groups is 1. The van der Waals surface area contributed by atoms with Crippen LogP contribution >= 0.6 is 0 Å². The highest BCUT2D eigenvalue weighted by Crippen LogP contribution is 2.55. The van der Waals surface area contributed by atoms with E-state index in [2.05, 4.69) is 12.2 Å². The van der Waals surface area contributed by atoms with Crippen molar-refractivity contribution in [2.45, 2.75) is 69.9 Å². The third-order valence-corrected chi connectivity index (χ3v) is 6.39. The van der Waals surface area contributed by atoms with Gasteiger partial charge in [-0.1, -0.05) is 12.1 Å². The van der Waals surface area contributed by atoms with Crippen LogP contribution in [0.3, 0.4) is 0 Å². The Balaban J connectivity index is 1.34. The van der Waals surface area contributed by atoms with Gasteiger partial charge in [-0.25, -0.2) is 0 Å². The van der Waals surface area contributed by atoms with Crippen molar-refractivity contribution in [3.63, 3.8) is 0 Å². The molecule has 0 aromatic heterocycles. The maximum absolute atomic E-state index is 9.36. The topological polar surface area (TPSA) is 32.3 Å². The Morgan fingerprint density at radius 3 is 2.14 bits per heavy atom. The summed E-state index contributed by atoms with van der Waals surface area (Å²) in [4.78, 5) is 0. The van der Waals surface area contributed by atoms with Crippen LogP contribution in [0.1, 0.15) is 57.4 Å². The Hall–Kier alpha value is -1.02.